The molecule has 1 amide bonds. The number of piperidine rings is 1. The van der Waals surface area contributed by atoms with Gasteiger partial charge in [0.15, 0.2) is 0 Å². The number of hydrogen-bond acceptors (Lipinski definition) is 3. The van der Waals surface area contributed by atoms with Crippen LogP contribution in [0, 0.1) is 11.8 Å². The van der Waals surface area contributed by atoms with E-state index in [1.54, 1.807) is 0 Å². The molecule has 1 saturated heterocycles. The van der Waals surface area contributed by atoms with Crippen LogP contribution < -0.4 is 5.73 Å². The fraction of sp³-hybridized carbons (Fsp3) is 0.917. The predicted octanol–water partition coefficient (Wildman–Crippen LogP) is 0.591. The van der Waals surface area contributed by atoms with E-state index in [2.05, 4.69) is 13.8 Å². The summed E-state index contributed by atoms with van der Waals surface area (Å²) >= 11 is 0. The summed E-state index contributed by atoms with van der Waals surface area (Å²) in [6.07, 6.45) is 2.55. The lowest BCUT2D eigenvalue weighted by Gasteiger charge is -2.33. The van der Waals surface area contributed by atoms with E-state index in [0.717, 1.165) is 32.4 Å². The SMILES string of the molecule is CC(C)C[C@H](N)C(=O)N1CCC(CO)CC1. The molecule has 1 heterocycles. The van der Waals surface area contributed by atoms with Crippen molar-refractivity contribution in [1.29, 1.82) is 0 Å². The van der Waals surface area contributed by atoms with Crippen molar-refractivity contribution in [1.82, 2.24) is 4.90 Å². The van der Waals surface area contributed by atoms with Gasteiger partial charge in [-0.05, 0) is 31.1 Å². The molecule has 1 atom stereocenters. The van der Waals surface area contributed by atoms with Gasteiger partial charge >= 0.3 is 0 Å². The standard InChI is InChI=1S/C12H24N2O2/c1-9(2)7-11(13)12(16)14-5-3-10(8-15)4-6-14/h9-11,15H,3-8,13H2,1-2H3/t11-/m0/s1. The molecule has 1 aliphatic heterocycles. The number of rotatable bonds is 4. The van der Waals surface area contributed by atoms with Gasteiger partial charge in [-0.1, -0.05) is 13.8 Å². The van der Waals surface area contributed by atoms with E-state index >= 15 is 0 Å². The number of nitrogens with zero attached hydrogens (tertiary/aromatic N) is 1. The molecule has 0 unspecified atom stereocenters. The van der Waals surface area contributed by atoms with Gasteiger partial charge in [-0.25, -0.2) is 0 Å². The second-order valence-electron chi connectivity index (χ2n) is 5.19. The highest BCUT2D eigenvalue weighted by atomic mass is 16.3. The summed E-state index contributed by atoms with van der Waals surface area (Å²) in [5.74, 6) is 0.893. The summed E-state index contributed by atoms with van der Waals surface area (Å²) in [5, 5.41) is 9.02. The molecule has 0 saturated carbocycles. The third kappa shape index (κ3) is 3.76. The van der Waals surface area contributed by atoms with Crippen LogP contribution in [0.25, 0.3) is 0 Å². The van der Waals surface area contributed by atoms with E-state index in [0.29, 0.717) is 11.8 Å². The maximum Gasteiger partial charge on any atom is 0.239 e. The molecule has 1 rings (SSSR count). The van der Waals surface area contributed by atoms with Crippen LogP contribution in [0.1, 0.15) is 33.1 Å². The summed E-state index contributed by atoms with van der Waals surface area (Å²) in [6, 6.07) is -0.356. The van der Waals surface area contributed by atoms with Gasteiger partial charge in [0.05, 0.1) is 6.04 Å². The molecule has 0 aliphatic carbocycles. The molecule has 0 spiro atoms. The molecule has 0 bridgehead atoms. The first-order chi connectivity index (χ1) is 7.54. The van der Waals surface area contributed by atoms with Crippen molar-refractivity contribution >= 4 is 5.91 Å². The Labute approximate surface area is 97.8 Å². The molecular weight excluding hydrogens is 204 g/mol. The van der Waals surface area contributed by atoms with Crippen molar-refractivity contribution in [2.75, 3.05) is 19.7 Å². The Morgan fingerprint density at radius 1 is 1.44 bits per heavy atom. The maximum absolute atomic E-state index is 12.0. The number of aliphatic hydroxyl groups excluding tert-OH is 1. The van der Waals surface area contributed by atoms with Gasteiger partial charge in [0.1, 0.15) is 0 Å². The van der Waals surface area contributed by atoms with E-state index in [1.807, 2.05) is 4.90 Å². The molecule has 16 heavy (non-hydrogen) atoms. The molecular formula is C12H24N2O2. The van der Waals surface area contributed by atoms with Crippen molar-refractivity contribution in [2.24, 2.45) is 17.6 Å². The van der Waals surface area contributed by atoms with Gasteiger partial charge in [-0.15, -0.1) is 0 Å². The second-order valence-corrected chi connectivity index (χ2v) is 5.19. The largest absolute Gasteiger partial charge is 0.396 e. The number of aliphatic hydroxyl groups is 1. The van der Waals surface area contributed by atoms with Gasteiger partial charge in [-0.2, -0.15) is 0 Å². The van der Waals surface area contributed by atoms with Gasteiger partial charge in [0, 0.05) is 19.7 Å². The lowest BCUT2D eigenvalue weighted by atomic mass is 9.96. The van der Waals surface area contributed by atoms with E-state index in [-0.39, 0.29) is 18.6 Å². The van der Waals surface area contributed by atoms with E-state index in [9.17, 15) is 4.79 Å². The van der Waals surface area contributed by atoms with Crippen LogP contribution in [0.15, 0.2) is 0 Å². The molecule has 0 aromatic heterocycles. The number of likely N-dealkylation sites (tertiary alicyclic amines) is 1. The molecule has 1 aliphatic rings. The van der Waals surface area contributed by atoms with E-state index < -0.39 is 0 Å². The smallest absolute Gasteiger partial charge is 0.239 e. The highest BCUT2D eigenvalue weighted by molar-refractivity contribution is 5.81. The first-order valence-electron chi connectivity index (χ1n) is 6.19. The van der Waals surface area contributed by atoms with Crippen molar-refractivity contribution < 1.29 is 9.90 Å². The van der Waals surface area contributed by atoms with Crippen molar-refractivity contribution in [3.63, 3.8) is 0 Å². The number of carbonyl (C=O) groups is 1. The average molecular weight is 228 g/mol. The molecule has 4 nitrogen and oxygen atoms in total. The van der Waals surface area contributed by atoms with Crippen LogP contribution in [0.3, 0.4) is 0 Å². The zero-order valence-electron chi connectivity index (χ0n) is 10.4. The van der Waals surface area contributed by atoms with Gasteiger partial charge in [-0.3, -0.25) is 4.79 Å². The lowest BCUT2D eigenvalue weighted by Crippen LogP contribution is -2.47. The monoisotopic (exact) mass is 228 g/mol. The molecule has 0 aromatic rings. The minimum absolute atomic E-state index is 0.0742. The maximum atomic E-state index is 12.0. The zero-order chi connectivity index (χ0) is 12.1. The highest BCUT2D eigenvalue weighted by Gasteiger charge is 2.26. The topological polar surface area (TPSA) is 66.6 Å². The van der Waals surface area contributed by atoms with E-state index in [1.165, 1.54) is 0 Å². The first kappa shape index (κ1) is 13.5. The third-order valence-electron chi connectivity index (χ3n) is 3.23. The predicted molar refractivity (Wildman–Crippen MR) is 63.8 cm³/mol. The van der Waals surface area contributed by atoms with Crippen LogP contribution in [-0.2, 0) is 4.79 Å². The van der Waals surface area contributed by atoms with Crippen molar-refractivity contribution in [3.05, 3.63) is 0 Å². The quantitative estimate of drug-likeness (QED) is 0.740. The van der Waals surface area contributed by atoms with Gasteiger partial charge < -0.3 is 15.7 Å². The van der Waals surface area contributed by atoms with Crippen LogP contribution >= 0.6 is 0 Å². The second kappa shape index (κ2) is 6.21. The summed E-state index contributed by atoms with van der Waals surface area (Å²) in [6.45, 7) is 5.88. The van der Waals surface area contributed by atoms with E-state index in [4.69, 9.17) is 10.8 Å². The Balaban J connectivity index is 2.38. The normalized spacial score (nSPS) is 20.2. The fourth-order valence-electron chi connectivity index (χ4n) is 2.18. The van der Waals surface area contributed by atoms with Crippen molar-refractivity contribution in [2.45, 2.75) is 39.2 Å². The molecule has 0 radical (unpaired) electrons. The average Bonchev–Trinajstić information content (AvgIpc) is 2.27. The Morgan fingerprint density at radius 3 is 2.44 bits per heavy atom. The Morgan fingerprint density at radius 2 is 2.00 bits per heavy atom. The van der Waals surface area contributed by atoms with Gasteiger partial charge in [0.2, 0.25) is 5.91 Å². The third-order valence-corrected chi connectivity index (χ3v) is 3.23. The summed E-state index contributed by atoms with van der Waals surface area (Å²) in [7, 11) is 0. The lowest BCUT2D eigenvalue weighted by molar-refractivity contribution is -0.134. The Kier molecular flexibility index (Phi) is 5.22. The Hall–Kier alpha value is -0.610. The van der Waals surface area contributed by atoms with Gasteiger partial charge in [0.25, 0.3) is 0 Å². The number of amides is 1. The van der Waals surface area contributed by atoms with Crippen molar-refractivity contribution in [3.8, 4) is 0 Å². The molecule has 1 fully saturated rings. The zero-order valence-corrected chi connectivity index (χ0v) is 10.4. The first-order valence-corrected chi connectivity index (χ1v) is 6.19. The van der Waals surface area contributed by atoms with Crippen LogP contribution in [0.4, 0.5) is 0 Å². The minimum Gasteiger partial charge on any atom is -0.396 e. The number of nitrogens with two attached hydrogens (primary N) is 1. The molecule has 0 aromatic carbocycles. The summed E-state index contributed by atoms with van der Waals surface area (Å²) < 4.78 is 0. The molecule has 3 N–H and O–H groups in total. The molecule has 94 valence electrons. The minimum atomic E-state index is -0.356. The van der Waals surface area contributed by atoms with Crippen LogP contribution in [0.2, 0.25) is 0 Å². The molecule has 4 heteroatoms. The van der Waals surface area contributed by atoms with Crippen LogP contribution in [0.5, 0.6) is 0 Å². The summed E-state index contributed by atoms with van der Waals surface area (Å²) in [5.41, 5.74) is 5.88. The Bertz CT molecular complexity index is 223. The summed E-state index contributed by atoms with van der Waals surface area (Å²) in [4.78, 5) is 13.8. The number of carbonyl (C=O) groups excluding carboxylic acids is 1. The fourth-order valence-corrected chi connectivity index (χ4v) is 2.18. The van der Waals surface area contributed by atoms with Crippen LogP contribution in [-0.4, -0.2) is 41.7 Å². The highest BCUT2D eigenvalue weighted by Crippen LogP contribution is 2.17. The number of hydrogen-bond donors (Lipinski definition) is 2.